The second kappa shape index (κ2) is 7.77. The Labute approximate surface area is 156 Å². The second-order valence-corrected chi connectivity index (χ2v) is 7.44. The number of thiophene rings is 1. The zero-order valence-electron chi connectivity index (χ0n) is 13.0. The van der Waals surface area contributed by atoms with Crippen LogP contribution in [0.5, 0.6) is 5.75 Å². The van der Waals surface area contributed by atoms with Gasteiger partial charge in [-0.2, -0.15) is 0 Å². The van der Waals surface area contributed by atoms with E-state index in [1.165, 1.54) is 11.3 Å². The van der Waals surface area contributed by atoms with Gasteiger partial charge in [-0.3, -0.25) is 4.79 Å². The van der Waals surface area contributed by atoms with Crippen LogP contribution in [0.15, 0.2) is 41.8 Å². The average Bonchev–Trinajstić information content (AvgIpc) is 3.29. The molecule has 0 saturated heterocycles. The molecule has 25 heavy (non-hydrogen) atoms. The molecule has 0 N–H and O–H groups in total. The summed E-state index contributed by atoms with van der Waals surface area (Å²) in [5.74, 6) is -0.185. The number of thiazole rings is 1. The second-order valence-electron chi connectivity index (χ2n) is 4.87. The Morgan fingerprint density at radius 1 is 1.16 bits per heavy atom. The summed E-state index contributed by atoms with van der Waals surface area (Å²) in [6.45, 7) is -0.342. The zero-order chi connectivity index (χ0) is 17.8. The van der Waals surface area contributed by atoms with Gasteiger partial charge in [-0.1, -0.05) is 11.6 Å². The smallest absolute Gasteiger partial charge is 0.358 e. The number of Topliss-reactive ketones (excluding diaryl/α,β-unsaturated/α-hetero) is 1. The first-order valence-electron chi connectivity index (χ1n) is 7.12. The fourth-order valence-corrected chi connectivity index (χ4v) is 3.74. The van der Waals surface area contributed by atoms with Crippen molar-refractivity contribution in [3.8, 4) is 16.3 Å². The number of rotatable bonds is 6. The Morgan fingerprint density at radius 2 is 1.92 bits per heavy atom. The van der Waals surface area contributed by atoms with Gasteiger partial charge >= 0.3 is 5.97 Å². The summed E-state index contributed by atoms with van der Waals surface area (Å²) in [6, 6.07) is 10.6. The van der Waals surface area contributed by atoms with Crippen molar-refractivity contribution in [2.45, 2.75) is 0 Å². The molecule has 0 saturated carbocycles. The van der Waals surface area contributed by atoms with Gasteiger partial charge in [0.05, 0.1) is 16.3 Å². The molecule has 0 amide bonds. The first-order valence-corrected chi connectivity index (χ1v) is 9.20. The molecule has 2 aromatic heterocycles. The van der Waals surface area contributed by atoms with Crippen LogP contribution in [0, 0.1) is 0 Å². The van der Waals surface area contributed by atoms with Crippen molar-refractivity contribution >= 4 is 46.0 Å². The SMILES string of the molecule is COc1ccc(-c2nc(C(=O)OCC(=O)c3ccc(Cl)s3)cs2)cc1. The molecule has 0 unspecified atom stereocenters. The Morgan fingerprint density at radius 3 is 2.56 bits per heavy atom. The molecule has 0 radical (unpaired) electrons. The molecule has 0 atom stereocenters. The standard InChI is InChI=1S/C17H12ClNO4S2/c1-22-11-4-2-10(3-5-11)16-19-12(9-24-16)17(21)23-8-13(20)14-6-7-15(18)25-14/h2-7,9H,8H2,1H3. The number of halogens is 1. The van der Waals surface area contributed by atoms with E-state index in [4.69, 9.17) is 21.1 Å². The number of ketones is 1. The van der Waals surface area contributed by atoms with Gasteiger partial charge in [0.1, 0.15) is 10.8 Å². The van der Waals surface area contributed by atoms with E-state index < -0.39 is 5.97 Å². The molecule has 3 aromatic rings. The average molecular weight is 394 g/mol. The van der Waals surface area contributed by atoms with Crippen molar-refractivity contribution < 1.29 is 19.1 Å². The Balaban J connectivity index is 1.63. The lowest BCUT2D eigenvalue weighted by Crippen LogP contribution is -2.13. The van der Waals surface area contributed by atoms with E-state index in [1.807, 2.05) is 24.3 Å². The molecule has 0 fully saturated rings. The largest absolute Gasteiger partial charge is 0.497 e. The topological polar surface area (TPSA) is 65.5 Å². The molecule has 0 aliphatic heterocycles. The van der Waals surface area contributed by atoms with Crippen molar-refractivity contribution in [2.75, 3.05) is 13.7 Å². The van der Waals surface area contributed by atoms with Crippen LogP contribution in [0.3, 0.4) is 0 Å². The lowest BCUT2D eigenvalue weighted by molar-refractivity contribution is 0.0471. The van der Waals surface area contributed by atoms with E-state index >= 15 is 0 Å². The number of carbonyl (C=O) groups is 2. The van der Waals surface area contributed by atoms with Crippen LogP contribution in [-0.4, -0.2) is 30.5 Å². The monoisotopic (exact) mass is 393 g/mol. The predicted molar refractivity (Wildman–Crippen MR) is 98.0 cm³/mol. The maximum absolute atomic E-state index is 12.1. The van der Waals surface area contributed by atoms with Crippen LogP contribution < -0.4 is 4.74 Å². The predicted octanol–water partition coefficient (Wildman–Crippen LogP) is 4.57. The molecule has 0 aliphatic carbocycles. The minimum absolute atomic E-state index is 0.174. The number of ether oxygens (including phenoxy) is 2. The van der Waals surface area contributed by atoms with Crippen LogP contribution in [0.1, 0.15) is 20.2 Å². The van der Waals surface area contributed by atoms with E-state index in [2.05, 4.69) is 4.98 Å². The highest BCUT2D eigenvalue weighted by molar-refractivity contribution is 7.18. The molecule has 128 valence electrons. The summed E-state index contributed by atoms with van der Waals surface area (Å²) in [5, 5.41) is 2.29. The fraction of sp³-hybridized carbons (Fsp3) is 0.118. The normalized spacial score (nSPS) is 10.5. The van der Waals surface area contributed by atoms with Gasteiger partial charge in [0.15, 0.2) is 12.3 Å². The van der Waals surface area contributed by atoms with Crippen LogP contribution in [0.25, 0.3) is 10.6 Å². The van der Waals surface area contributed by atoms with E-state index in [0.29, 0.717) is 14.2 Å². The highest BCUT2D eigenvalue weighted by Crippen LogP contribution is 2.26. The minimum atomic E-state index is -0.632. The van der Waals surface area contributed by atoms with Crippen LogP contribution in [0.4, 0.5) is 0 Å². The van der Waals surface area contributed by atoms with Gasteiger partial charge in [0, 0.05) is 10.9 Å². The van der Waals surface area contributed by atoms with Gasteiger partial charge in [-0.15, -0.1) is 22.7 Å². The molecular weight excluding hydrogens is 382 g/mol. The molecule has 3 rings (SSSR count). The third kappa shape index (κ3) is 4.25. The van der Waals surface area contributed by atoms with Crippen molar-refractivity contribution in [3.05, 3.63) is 56.7 Å². The Hall–Kier alpha value is -2.22. The zero-order valence-corrected chi connectivity index (χ0v) is 15.4. The summed E-state index contributed by atoms with van der Waals surface area (Å²) in [5.41, 5.74) is 1.04. The summed E-state index contributed by atoms with van der Waals surface area (Å²) in [6.07, 6.45) is 0. The highest BCUT2D eigenvalue weighted by atomic mass is 35.5. The molecule has 1 aromatic carbocycles. The summed E-state index contributed by atoms with van der Waals surface area (Å²) in [7, 11) is 1.60. The van der Waals surface area contributed by atoms with Crippen molar-refractivity contribution in [1.29, 1.82) is 0 Å². The molecular formula is C17H12ClNO4S2. The number of methoxy groups -OCH3 is 1. The molecule has 2 heterocycles. The number of benzene rings is 1. The highest BCUT2D eigenvalue weighted by Gasteiger charge is 2.16. The molecule has 0 aliphatic rings. The third-order valence-electron chi connectivity index (χ3n) is 3.23. The van der Waals surface area contributed by atoms with E-state index in [1.54, 1.807) is 24.6 Å². The lowest BCUT2D eigenvalue weighted by atomic mass is 10.2. The lowest BCUT2D eigenvalue weighted by Gasteiger charge is -2.01. The molecule has 8 heteroatoms. The third-order valence-corrected chi connectivity index (χ3v) is 5.40. The number of nitrogens with zero attached hydrogens (tertiary/aromatic N) is 1. The van der Waals surface area contributed by atoms with Crippen molar-refractivity contribution in [3.63, 3.8) is 0 Å². The van der Waals surface area contributed by atoms with E-state index in [9.17, 15) is 9.59 Å². The number of carbonyl (C=O) groups excluding carboxylic acids is 2. The van der Waals surface area contributed by atoms with Gasteiger partial charge in [-0.25, -0.2) is 9.78 Å². The first kappa shape index (κ1) is 17.6. The molecule has 0 bridgehead atoms. The van der Waals surface area contributed by atoms with E-state index in [-0.39, 0.29) is 18.1 Å². The number of aromatic nitrogens is 1. The number of hydrogen-bond acceptors (Lipinski definition) is 7. The fourth-order valence-electron chi connectivity index (χ4n) is 1.97. The summed E-state index contributed by atoms with van der Waals surface area (Å²) in [4.78, 5) is 28.7. The minimum Gasteiger partial charge on any atom is -0.497 e. The van der Waals surface area contributed by atoms with Crippen molar-refractivity contribution in [2.24, 2.45) is 0 Å². The number of hydrogen-bond donors (Lipinski definition) is 0. The van der Waals surface area contributed by atoms with Crippen LogP contribution in [0.2, 0.25) is 4.34 Å². The van der Waals surface area contributed by atoms with Gasteiger partial charge in [0.25, 0.3) is 0 Å². The molecule has 0 spiro atoms. The van der Waals surface area contributed by atoms with Gasteiger partial charge < -0.3 is 9.47 Å². The maximum atomic E-state index is 12.1. The number of esters is 1. The first-order chi connectivity index (χ1) is 12.1. The van der Waals surface area contributed by atoms with Crippen LogP contribution in [-0.2, 0) is 4.74 Å². The van der Waals surface area contributed by atoms with Crippen molar-refractivity contribution in [1.82, 2.24) is 4.98 Å². The summed E-state index contributed by atoms with van der Waals surface area (Å²) < 4.78 is 10.7. The Bertz CT molecular complexity index is 902. The quantitative estimate of drug-likeness (QED) is 0.453. The van der Waals surface area contributed by atoms with Gasteiger partial charge in [0.2, 0.25) is 5.78 Å². The van der Waals surface area contributed by atoms with E-state index in [0.717, 1.165) is 22.6 Å². The van der Waals surface area contributed by atoms with Gasteiger partial charge in [-0.05, 0) is 36.4 Å². The van der Waals surface area contributed by atoms with Crippen LogP contribution >= 0.6 is 34.3 Å². The maximum Gasteiger partial charge on any atom is 0.358 e. The molecule has 5 nitrogen and oxygen atoms in total. The summed E-state index contributed by atoms with van der Waals surface area (Å²) >= 11 is 8.26. The Kier molecular flexibility index (Phi) is 5.47.